The van der Waals surface area contributed by atoms with Crippen molar-refractivity contribution >= 4 is 11.8 Å². The molecule has 3 aromatic rings. The van der Waals surface area contributed by atoms with Crippen LogP contribution in [0, 0.1) is 5.82 Å². The van der Waals surface area contributed by atoms with Crippen molar-refractivity contribution in [2.24, 2.45) is 0 Å². The van der Waals surface area contributed by atoms with E-state index in [1.165, 1.54) is 32.4 Å². The molecule has 0 fully saturated rings. The second-order valence-corrected chi connectivity index (χ2v) is 7.75. The highest BCUT2D eigenvalue weighted by molar-refractivity contribution is 5.95. The molecule has 0 radical (unpaired) electrons. The summed E-state index contributed by atoms with van der Waals surface area (Å²) < 4.78 is 28.9. The molecule has 0 spiro atoms. The normalized spacial score (nSPS) is 11.6. The van der Waals surface area contributed by atoms with E-state index < -0.39 is 5.91 Å². The third kappa shape index (κ3) is 5.92. The Morgan fingerprint density at radius 1 is 1.09 bits per heavy atom. The van der Waals surface area contributed by atoms with Crippen LogP contribution in [0.5, 0.6) is 11.5 Å². The van der Waals surface area contributed by atoms with Gasteiger partial charge in [0.15, 0.2) is 23.0 Å². The highest BCUT2D eigenvalue weighted by Gasteiger charge is 2.24. The summed E-state index contributed by atoms with van der Waals surface area (Å²) in [6.45, 7) is 4.28. The van der Waals surface area contributed by atoms with Crippen LogP contribution in [0.25, 0.3) is 0 Å². The van der Waals surface area contributed by atoms with Gasteiger partial charge in [-0.05, 0) is 49.2 Å². The second-order valence-electron chi connectivity index (χ2n) is 7.75. The molecule has 1 aromatic heterocycles. The summed E-state index contributed by atoms with van der Waals surface area (Å²) >= 11 is 0. The summed E-state index contributed by atoms with van der Waals surface area (Å²) in [5.41, 5.74) is 1.29. The van der Waals surface area contributed by atoms with Crippen LogP contribution in [0.2, 0.25) is 0 Å². The molecule has 0 bridgehead atoms. The largest absolute Gasteiger partial charge is 0.493 e. The number of methoxy groups -OCH3 is 2. The number of nitrogens with zero attached hydrogens (tertiary/aromatic N) is 2. The van der Waals surface area contributed by atoms with Crippen molar-refractivity contribution in [3.05, 3.63) is 76.9 Å². The van der Waals surface area contributed by atoms with Gasteiger partial charge in [-0.25, -0.2) is 4.39 Å². The van der Waals surface area contributed by atoms with E-state index in [4.69, 9.17) is 14.0 Å². The first-order valence-corrected chi connectivity index (χ1v) is 10.9. The quantitative estimate of drug-likeness (QED) is 0.478. The molecule has 2 aromatic carbocycles. The number of carbonyl (C=O) groups excluding carboxylic acids is 2. The van der Waals surface area contributed by atoms with Crippen molar-refractivity contribution in [1.82, 2.24) is 15.4 Å². The number of amides is 2. The minimum atomic E-state index is -0.430. The van der Waals surface area contributed by atoms with Crippen molar-refractivity contribution in [2.45, 2.75) is 39.4 Å². The lowest BCUT2D eigenvalue weighted by molar-refractivity contribution is 0.0650. The molecule has 1 unspecified atom stereocenters. The van der Waals surface area contributed by atoms with Crippen LogP contribution in [0.1, 0.15) is 52.4 Å². The van der Waals surface area contributed by atoms with Crippen LogP contribution in [0.3, 0.4) is 0 Å². The fourth-order valence-corrected chi connectivity index (χ4v) is 3.32. The molecule has 1 atom stereocenters. The van der Waals surface area contributed by atoms with Crippen LogP contribution in [-0.2, 0) is 13.1 Å². The highest BCUT2D eigenvalue weighted by atomic mass is 19.1. The molecule has 0 aliphatic rings. The first-order valence-electron chi connectivity index (χ1n) is 10.9. The Bertz CT molecular complexity index is 1130. The minimum absolute atomic E-state index is 0.0959. The average molecular weight is 470 g/mol. The molecule has 9 heteroatoms. The van der Waals surface area contributed by atoms with E-state index in [-0.39, 0.29) is 36.5 Å². The van der Waals surface area contributed by atoms with Crippen molar-refractivity contribution in [2.75, 3.05) is 14.2 Å². The predicted octanol–water partition coefficient (Wildman–Crippen LogP) is 4.20. The number of hydrogen-bond donors (Lipinski definition) is 1. The Morgan fingerprint density at radius 3 is 2.44 bits per heavy atom. The number of ether oxygens (including phenoxy) is 2. The lowest BCUT2D eigenvalue weighted by Gasteiger charge is -2.28. The van der Waals surface area contributed by atoms with Crippen LogP contribution in [0.4, 0.5) is 4.39 Å². The van der Waals surface area contributed by atoms with Crippen molar-refractivity contribution in [3.63, 3.8) is 0 Å². The predicted molar refractivity (Wildman–Crippen MR) is 123 cm³/mol. The molecular formula is C25H28FN3O5. The van der Waals surface area contributed by atoms with E-state index >= 15 is 0 Å². The zero-order chi connectivity index (χ0) is 24.7. The van der Waals surface area contributed by atoms with Gasteiger partial charge in [-0.2, -0.15) is 0 Å². The third-order valence-electron chi connectivity index (χ3n) is 5.50. The zero-order valence-corrected chi connectivity index (χ0v) is 19.6. The summed E-state index contributed by atoms with van der Waals surface area (Å²) in [7, 11) is 3.04. The Balaban J connectivity index is 1.71. The smallest absolute Gasteiger partial charge is 0.273 e. The highest BCUT2D eigenvalue weighted by Crippen LogP contribution is 2.28. The molecule has 0 aliphatic heterocycles. The SMILES string of the molecule is CCC(C)N(Cc1cc(C(=O)NCc2ccc(F)cc2)no1)C(=O)c1ccc(OC)c(OC)c1. The molecule has 3 rings (SSSR count). The van der Waals surface area contributed by atoms with Gasteiger partial charge in [0.2, 0.25) is 0 Å². The Hall–Kier alpha value is -3.88. The maximum Gasteiger partial charge on any atom is 0.273 e. The van der Waals surface area contributed by atoms with Gasteiger partial charge < -0.3 is 24.2 Å². The molecule has 1 heterocycles. The van der Waals surface area contributed by atoms with Gasteiger partial charge in [0.05, 0.1) is 20.8 Å². The molecular weight excluding hydrogens is 441 g/mol. The van der Waals surface area contributed by atoms with Gasteiger partial charge in [0.1, 0.15) is 5.82 Å². The summed E-state index contributed by atoms with van der Waals surface area (Å²) in [4.78, 5) is 27.4. The van der Waals surface area contributed by atoms with Crippen LogP contribution >= 0.6 is 0 Å². The standard InChI is InChI=1S/C25H28FN3O5/c1-5-16(2)29(25(31)18-8-11-22(32-3)23(12-18)33-4)15-20-13-21(28-34-20)24(30)27-14-17-6-9-19(26)10-7-17/h6-13,16H,5,14-15H2,1-4H3,(H,27,30). The Morgan fingerprint density at radius 2 is 1.79 bits per heavy atom. The number of nitrogens with one attached hydrogen (secondary N) is 1. The first-order chi connectivity index (χ1) is 16.4. The number of benzene rings is 2. The number of halogens is 1. The molecule has 0 saturated heterocycles. The molecule has 1 N–H and O–H groups in total. The van der Waals surface area contributed by atoms with Crippen LogP contribution in [0.15, 0.2) is 53.1 Å². The minimum Gasteiger partial charge on any atom is -0.493 e. The number of hydrogen-bond acceptors (Lipinski definition) is 6. The van der Waals surface area contributed by atoms with Gasteiger partial charge >= 0.3 is 0 Å². The number of rotatable bonds is 10. The summed E-state index contributed by atoms with van der Waals surface area (Å²) in [6, 6.07) is 12.2. The van der Waals surface area contributed by atoms with E-state index in [0.29, 0.717) is 22.8 Å². The molecule has 34 heavy (non-hydrogen) atoms. The second kappa shape index (κ2) is 11.3. The fraction of sp³-hybridized carbons (Fsp3) is 0.320. The molecule has 0 aliphatic carbocycles. The molecule has 2 amide bonds. The molecule has 180 valence electrons. The van der Waals surface area contributed by atoms with Gasteiger partial charge in [-0.1, -0.05) is 24.2 Å². The number of aromatic nitrogens is 1. The van der Waals surface area contributed by atoms with Crippen molar-refractivity contribution in [3.8, 4) is 11.5 Å². The van der Waals surface area contributed by atoms with Gasteiger partial charge in [0, 0.05) is 24.2 Å². The van der Waals surface area contributed by atoms with E-state index in [2.05, 4.69) is 10.5 Å². The van der Waals surface area contributed by atoms with Gasteiger partial charge in [-0.3, -0.25) is 9.59 Å². The lowest BCUT2D eigenvalue weighted by atomic mass is 10.1. The van der Waals surface area contributed by atoms with Gasteiger partial charge in [0.25, 0.3) is 11.8 Å². The Kier molecular flexibility index (Phi) is 8.24. The van der Waals surface area contributed by atoms with Crippen LogP contribution < -0.4 is 14.8 Å². The van der Waals surface area contributed by atoms with E-state index in [1.54, 1.807) is 35.2 Å². The lowest BCUT2D eigenvalue weighted by Crippen LogP contribution is -2.37. The fourth-order valence-electron chi connectivity index (χ4n) is 3.32. The molecule has 0 saturated carbocycles. The third-order valence-corrected chi connectivity index (χ3v) is 5.50. The van der Waals surface area contributed by atoms with E-state index in [1.807, 2.05) is 13.8 Å². The van der Waals surface area contributed by atoms with E-state index in [9.17, 15) is 14.0 Å². The maximum absolute atomic E-state index is 13.3. The number of carbonyl (C=O) groups is 2. The average Bonchev–Trinajstić information content (AvgIpc) is 3.34. The van der Waals surface area contributed by atoms with Crippen molar-refractivity contribution in [1.29, 1.82) is 0 Å². The van der Waals surface area contributed by atoms with Gasteiger partial charge in [-0.15, -0.1) is 0 Å². The topological polar surface area (TPSA) is 93.9 Å². The van der Waals surface area contributed by atoms with Crippen LogP contribution in [-0.4, -0.2) is 42.1 Å². The van der Waals surface area contributed by atoms with Crippen molar-refractivity contribution < 1.29 is 28.0 Å². The zero-order valence-electron chi connectivity index (χ0n) is 19.6. The summed E-state index contributed by atoms with van der Waals surface area (Å²) in [5, 5.41) is 6.56. The Labute approximate surface area is 197 Å². The first kappa shape index (κ1) is 24.8. The monoisotopic (exact) mass is 469 g/mol. The van der Waals surface area contributed by atoms with E-state index in [0.717, 1.165) is 12.0 Å². The molecule has 8 nitrogen and oxygen atoms in total. The summed E-state index contributed by atoms with van der Waals surface area (Å²) in [6.07, 6.45) is 0.720. The summed E-state index contributed by atoms with van der Waals surface area (Å²) in [5.74, 6) is 0.373. The maximum atomic E-state index is 13.3.